The van der Waals surface area contributed by atoms with Crippen LogP contribution in [0, 0.1) is 0 Å². The van der Waals surface area contributed by atoms with Crippen LogP contribution in [0.5, 0.6) is 0 Å². The minimum absolute atomic E-state index is 0.664. The summed E-state index contributed by atoms with van der Waals surface area (Å²) in [6, 6.07) is 15.9. The Labute approximate surface area is 125 Å². The monoisotopic (exact) mass is 328 g/mol. The van der Waals surface area contributed by atoms with Crippen LogP contribution in [0.2, 0.25) is 0 Å². The number of benzene rings is 1. The highest BCUT2D eigenvalue weighted by Crippen LogP contribution is 2.19. The van der Waals surface area contributed by atoms with Crippen molar-refractivity contribution >= 4 is 21.6 Å². The molecule has 0 spiro atoms. The van der Waals surface area contributed by atoms with Crippen molar-refractivity contribution in [2.45, 2.75) is 6.54 Å². The molecule has 0 fully saturated rings. The molecule has 5 heteroatoms. The summed E-state index contributed by atoms with van der Waals surface area (Å²) >= 11 is 3.38. The summed E-state index contributed by atoms with van der Waals surface area (Å²) in [5, 5.41) is 7.67. The Morgan fingerprint density at radius 2 is 1.95 bits per heavy atom. The lowest BCUT2D eigenvalue weighted by molar-refractivity contribution is 0.878. The van der Waals surface area contributed by atoms with Gasteiger partial charge in [0.1, 0.15) is 4.60 Å². The van der Waals surface area contributed by atoms with E-state index in [4.69, 9.17) is 0 Å². The van der Waals surface area contributed by atoms with Crippen LogP contribution in [0.4, 0.5) is 5.69 Å². The quantitative estimate of drug-likeness (QED) is 0.743. The first-order chi connectivity index (χ1) is 9.83. The Morgan fingerprint density at radius 1 is 1.05 bits per heavy atom. The molecule has 0 unspecified atom stereocenters. The van der Waals surface area contributed by atoms with Crippen LogP contribution < -0.4 is 5.32 Å². The second kappa shape index (κ2) is 5.88. The number of rotatable bonds is 4. The van der Waals surface area contributed by atoms with Crippen molar-refractivity contribution in [2.24, 2.45) is 0 Å². The van der Waals surface area contributed by atoms with E-state index in [1.54, 1.807) is 6.20 Å². The smallest absolute Gasteiger partial charge is 0.106 e. The second-order valence-corrected chi connectivity index (χ2v) is 5.09. The highest BCUT2D eigenvalue weighted by atomic mass is 79.9. The van der Waals surface area contributed by atoms with Crippen LogP contribution in [0.15, 0.2) is 65.5 Å². The SMILES string of the molecule is Brc1cccc(CNc2ccccc2-n2cccn2)n1. The summed E-state index contributed by atoms with van der Waals surface area (Å²) in [5.41, 5.74) is 3.03. The molecule has 3 aromatic rings. The number of anilines is 1. The minimum atomic E-state index is 0.664. The third-order valence-electron chi connectivity index (χ3n) is 2.89. The van der Waals surface area contributed by atoms with E-state index in [9.17, 15) is 0 Å². The van der Waals surface area contributed by atoms with Gasteiger partial charge in [-0.2, -0.15) is 5.10 Å². The lowest BCUT2D eigenvalue weighted by atomic mass is 10.2. The summed E-state index contributed by atoms with van der Waals surface area (Å²) in [4.78, 5) is 4.41. The maximum absolute atomic E-state index is 4.41. The zero-order valence-electron chi connectivity index (χ0n) is 10.7. The number of hydrogen-bond donors (Lipinski definition) is 1. The Kier molecular flexibility index (Phi) is 3.78. The minimum Gasteiger partial charge on any atom is -0.378 e. The fraction of sp³-hybridized carbons (Fsp3) is 0.0667. The Hall–Kier alpha value is -2.14. The molecular formula is C15H13BrN4. The fourth-order valence-electron chi connectivity index (χ4n) is 1.97. The number of nitrogens with one attached hydrogen (secondary N) is 1. The van der Waals surface area contributed by atoms with Gasteiger partial charge in [0.05, 0.1) is 23.6 Å². The standard InChI is InChI=1S/C15H13BrN4/c16-15-8-3-5-12(19-15)11-17-13-6-1-2-7-14(13)20-10-4-9-18-20/h1-10,17H,11H2. The Bertz CT molecular complexity index is 695. The summed E-state index contributed by atoms with van der Waals surface area (Å²) in [7, 11) is 0. The first-order valence-corrected chi connectivity index (χ1v) is 7.06. The Balaban J connectivity index is 1.81. The van der Waals surface area contributed by atoms with E-state index < -0.39 is 0 Å². The number of halogens is 1. The van der Waals surface area contributed by atoms with Gasteiger partial charge < -0.3 is 5.32 Å². The molecule has 0 atom stereocenters. The molecule has 0 aliphatic rings. The molecule has 0 saturated carbocycles. The van der Waals surface area contributed by atoms with Gasteiger partial charge >= 0.3 is 0 Å². The molecule has 3 rings (SSSR count). The molecule has 1 N–H and O–H groups in total. The summed E-state index contributed by atoms with van der Waals surface area (Å²) in [5.74, 6) is 0. The molecular weight excluding hydrogens is 316 g/mol. The number of nitrogens with zero attached hydrogens (tertiary/aromatic N) is 3. The zero-order valence-corrected chi connectivity index (χ0v) is 12.3. The average molecular weight is 329 g/mol. The third-order valence-corrected chi connectivity index (χ3v) is 3.33. The van der Waals surface area contributed by atoms with Crippen molar-refractivity contribution in [3.05, 3.63) is 71.2 Å². The van der Waals surface area contributed by atoms with Crippen LogP contribution in [-0.4, -0.2) is 14.8 Å². The van der Waals surface area contributed by atoms with Crippen LogP contribution in [0.3, 0.4) is 0 Å². The molecule has 100 valence electrons. The lowest BCUT2D eigenvalue weighted by Gasteiger charge is -2.11. The number of aromatic nitrogens is 3. The first-order valence-electron chi connectivity index (χ1n) is 6.27. The van der Waals surface area contributed by atoms with Crippen LogP contribution >= 0.6 is 15.9 Å². The van der Waals surface area contributed by atoms with Crippen molar-refractivity contribution in [1.82, 2.24) is 14.8 Å². The first kappa shape index (κ1) is 12.9. The number of hydrogen-bond acceptors (Lipinski definition) is 3. The summed E-state index contributed by atoms with van der Waals surface area (Å²) in [6.45, 7) is 0.664. The highest BCUT2D eigenvalue weighted by Gasteiger charge is 2.04. The van der Waals surface area contributed by atoms with Crippen molar-refractivity contribution in [3.8, 4) is 5.69 Å². The molecule has 0 amide bonds. The topological polar surface area (TPSA) is 42.7 Å². The van der Waals surface area contributed by atoms with Gasteiger partial charge in [0.2, 0.25) is 0 Å². The maximum Gasteiger partial charge on any atom is 0.106 e. The molecule has 1 aromatic carbocycles. The van der Waals surface area contributed by atoms with Crippen LogP contribution in [0.1, 0.15) is 5.69 Å². The van der Waals surface area contributed by atoms with Gasteiger partial charge in [-0.3, -0.25) is 0 Å². The molecule has 2 aromatic heterocycles. The number of pyridine rings is 1. The predicted octanol–water partition coefficient (Wildman–Crippen LogP) is 3.64. The normalized spacial score (nSPS) is 10.4. The zero-order chi connectivity index (χ0) is 13.8. The van der Waals surface area contributed by atoms with Gasteiger partial charge in [0, 0.05) is 12.4 Å². The highest BCUT2D eigenvalue weighted by molar-refractivity contribution is 9.10. The van der Waals surface area contributed by atoms with Gasteiger partial charge in [-0.1, -0.05) is 18.2 Å². The van der Waals surface area contributed by atoms with E-state index >= 15 is 0 Å². The molecule has 0 aliphatic carbocycles. The van der Waals surface area contributed by atoms with E-state index in [0.29, 0.717) is 6.54 Å². The van der Waals surface area contributed by atoms with Gasteiger partial charge in [-0.25, -0.2) is 9.67 Å². The molecule has 4 nitrogen and oxygen atoms in total. The fourth-order valence-corrected chi connectivity index (χ4v) is 2.35. The molecule has 0 bridgehead atoms. The summed E-state index contributed by atoms with van der Waals surface area (Å²) < 4.78 is 2.69. The average Bonchev–Trinajstić information content (AvgIpc) is 3.00. The van der Waals surface area contributed by atoms with Crippen molar-refractivity contribution in [3.63, 3.8) is 0 Å². The van der Waals surface area contributed by atoms with Crippen LogP contribution in [-0.2, 0) is 6.54 Å². The molecule has 0 aliphatic heterocycles. The van der Waals surface area contributed by atoms with Gasteiger partial charge in [-0.05, 0) is 46.3 Å². The van der Waals surface area contributed by atoms with E-state index in [0.717, 1.165) is 21.7 Å². The van der Waals surface area contributed by atoms with Gasteiger partial charge in [0.15, 0.2) is 0 Å². The van der Waals surface area contributed by atoms with E-state index in [-0.39, 0.29) is 0 Å². The predicted molar refractivity (Wildman–Crippen MR) is 82.8 cm³/mol. The van der Waals surface area contributed by atoms with E-state index in [2.05, 4.69) is 31.3 Å². The molecule has 0 saturated heterocycles. The molecule has 2 heterocycles. The van der Waals surface area contributed by atoms with Crippen molar-refractivity contribution in [2.75, 3.05) is 5.32 Å². The van der Waals surface area contributed by atoms with Crippen molar-refractivity contribution < 1.29 is 0 Å². The van der Waals surface area contributed by atoms with Gasteiger partial charge in [-0.15, -0.1) is 0 Å². The number of para-hydroxylation sites is 2. The second-order valence-electron chi connectivity index (χ2n) is 4.27. The molecule has 20 heavy (non-hydrogen) atoms. The maximum atomic E-state index is 4.41. The third kappa shape index (κ3) is 2.88. The molecule has 0 radical (unpaired) electrons. The van der Waals surface area contributed by atoms with Gasteiger partial charge in [0.25, 0.3) is 0 Å². The van der Waals surface area contributed by atoms with E-state index in [1.165, 1.54) is 0 Å². The van der Waals surface area contributed by atoms with E-state index in [1.807, 2.05) is 59.4 Å². The van der Waals surface area contributed by atoms with Crippen LogP contribution in [0.25, 0.3) is 5.69 Å². The summed E-state index contributed by atoms with van der Waals surface area (Å²) in [6.07, 6.45) is 3.70. The van der Waals surface area contributed by atoms with Crippen molar-refractivity contribution in [1.29, 1.82) is 0 Å². The lowest BCUT2D eigenvalue weighted by Crippen LogP contribution is -2.05. The Morgan fingerprint density at radius 3 is 2.75 bits per heavy atom. The largest absolute Gasteiger partial charge is 0.378 e.